The van der Waals surface area contributed by atoms with Crippen LogP contribution in [0.25, 0.3) is 10.4 Å². The highest BCUT2D eigenvalue weighted by Gasteiger charge is 2.55. The smallest absolute Gasteiger partial charge is 0.243 e. The molecule has 174 valence electrons. The van der Waals surface area contributed by atoms with Gasteiger partial charge < -0.3 is 15.5 Å². The predicted molar refractivity (Wildman–Crippen MR) is 126 cm³/mol. The normalized spacial score (nSPS) is 19.7. The maximum absolute atomic E-state index is 14.5. The van der Waals surface area contributed by atoms with Crippen molar-refractivity contribution in [3.8, 4) is 10.4 Å². The molecule has 0 bridgehead atoms. The van der Waals surface area contributed by atoms with E-state index in [2.05, 4.69) is 15.6 Å². The van der Waals surface area contributed by atoms with Gasteiger partial charge in [-0.15, -0.1) is 11.3 Å². The minimum absolute atomic E-state index is 0.179. The molecule has 4 rings (SSSR count). The maximum Gasteiger partial charge on any atom is 0.243 e. The Morgan fingerprint density at radius 1 is 1.28 bits per heavy atom. The van der Waals surface area contributed by atoms with Crippen molar-refractivity contribution in [2.75, 3.05) is 13.6 Å². The van der Waals surface area contributed by atoms with E-state index in [1.54, 1.807) is 23.3 Å². The highest BCUT2D eigenvalue weighted by molar-refractivity contribution is 7.13. The number of likely N-dealkylation sites (tertiary alicyclic amines) is 1. The summed E-state index contributed by atoms with van der Waals surface area (Å²) >= 11 is 1.61. The summed E-state index contributed by atoms with van der Waals surface area (Å²) in [6.45, 7) is 6.87. The van der Waals surface area contributed by atoms with Gasteiger partial charge in [0.25, 0.3) is 0 Å². The van der Waals surface area contributed by atoms with Gasteiger partial charge in [-0.3, -0.25) is 9.59 Å². The summed E-state index contributed by atoms with van der Waals surface area (Å²) in [5, 5.41) is 5.76. The molecule has 2 unspecified atom stereocenters. The Balaban J connectivity index is 0.00000141. The van der Waals surface area contributed by atoms with Crippen molar-refractivity contribution >= 4 is 23.2 Å². The molecule has 2 aliphatic rings. The zero-order valence-electron chi connectivity index (χ0n) is 19.3. The maximum atomic E-state index is 14.5. The zero-order valence-corrected chi connectivity index (χ0v) is 20.1. The number of aryl methyl sites for hydroxylation is 1. The molecule has 2 amide bonds. The van der Waals surface area contributed by atoms with Gasteiger partial charge in [-0.05, 0) is 50.8 Å². The number of halogens is 1. The second kappa shape index (κ2) is 10.5. The molecule has 2 atom stereocenters. The molecule has 1 aliphatic heterocycles. The molecule has 1 saturated heterocycles. The van der Waals surface area contributed by atoms with Crippen LogP contribution in [-0.4, -0.2) is 53.0 Å². The van der Waals surface area contributed by atoms with Crippen molar-refractivity contribution in [2.24, 2.45) is 0 Å². The standard InChI is InChI=1S/C22H27FN4O2S.C2H6/c1-14-18(30-13-26-14)16-7-5-15(6-8-16)12-25-20(28)17-4-3-11-27(17)21(29)19(24-2)22(23)9-10-22;1-2/h5-8,13,17,19,24H,3-4,9-12H2,1-2H3,(H,25,28);1-2H3. The highest BCUT2D eigenvalue weighted by atomic mass is 32.1. The van der Waals surface area contributed by atoms with E-state index in [1.807, 2.05) is 50.5 Å². The van der Waals surface area contributed by atoms with Crippen molar-refractivity contribution in [1.29, 1.82) is 0 Å². The number of carbonyl (C=O) groups is 2. The number of aromatic nitrogens is 1. The minimum Gasteiger partial charge on any atom is -0.350 e. The lowest BCUT2D eigenvalue weighted by atomic mass is 10.1. The molecule has 1 aromatic heterocycles. The van der Waals surface area contributed by atoms with Crippen molar-refractivity contribution < 1.29 is 14.0 Å². The molecular weight excluding hydrogens is 427 g/mol. The van der Waals surface area contributed by atoms with E-state index in [-0.39, 0.29) is 11.8 Å². The summed E-state index contributed by atoms with van der Waals surface area (Å²) in [7, 11) is 1.60. The predicted octanol–water partition coefficient (Wildman–Crippen LogP) is 3.84. The summed E-state index contributed by atoms with van der Waals surface area (Å²) < 4.78 is 14.5. The monoisotopic (exact) mass is 460 g/mol. The van der Waals surface area contributed by atoms with Gasteiger partial charge in [0, 0.05) is 13.1 Å². The Kier molecular flexibility index (Phi) is 8.00. The van der Waals surface area contributed by atoms with Crippen LogP contribution in [0, 0.1) is 6.92 Å². The third-order valence-corrected chi connectivity index (χ3v) is 7.03. The van der Waals surface area contributed by atoms with E-state index in [1.165, 1.54) is 0 Å². The molecule has 2 aromatic rings. The molecular formula is C24H33FN4O2S. The molecule has 2 N–H and O–H groups in total. The molecule has 1 aromatic carbocycles. The quantitative estimate of drug-likeness (QED) is 0.658. The number of nitrogens with zero attached hydrogens (tertiary/aromatic N) is 2. The first-order chi connectivity index (χ1) is 15.4. The van der Waals surface area contributed by atoms with E-state index in [0.717, 1.165) is 28.1 Å². The van der Waals surface area contributed by atoms with Crippen LogP contribution < -0.4 is 10.6 Å². The van der Waals surface area contributed by atoms with Crippen molar-refractivity contribution in [1.82, 2.24) is 20.5 Å². The second-order valence-corrected chi connectivity index (χ2v) is 8.98. The number of hydrogen-bond acceptors (Lipinski definition) is 5. The van der Waals surface area contributed by atoms with Crippen LogP contribution in [-0.2, 0) is 16.1 Å². The number of benzene rings is 1. The second-order valence-electron chi connectivity index (χ2n) is 8.13. The minimum atomic E-state index is -1.46. The molecule has 32 heavy (non-hydrogen) atoms. The Morgan fingerprint density at radius 3 is 2.53 bits per heavy atom. The lowest BCUT2D eigenvalue weighted by Gasteiger charge is -2.29. The Morgan fingerprint density at radius 2 is 1.97 bits per heavy atom. The Bertz CT molecular complexity index is 926. The van der Waals surface area contributed by atoms with Crippen LogP contribution in [0.1, 0.15) is 50.8 Å². The third-order valence-electron chi connectivity index (χ3n) is 6.05. The van der Waals surface area contributed by atoms with Gasteiger partial charge in [-0.25, -0.2) is 9.37 Å². The highest BCUT2D eigenvalue weighted by Crippen LogP contribution is 2.43. The number of rotatable bonds is 7. The van der Waals surface area contributed by atoms with E-state index in [4.69, 9.17) is 0 Å². The van der Waals surface area contributed by atoms with Crippen LogP contribution in [0.15, 0.2) is 29.8 Å². The average Bonchev–Trinajstić information content (AvgIpc) is 3.20. The average molecular weight is 461 g/mol. The van der Waals surface area contributed by atoms with E-state index in [9.17, 15) is 14.0 Å². The van der Waals surface area contributed by atoms with Crippen molar-refractivity contribution in [2.45, 2.75) is 70.8 Å². The summed E-state index contributed by atoms with van der Waals surface area (Å²) in [5.74, 6) is -0.485. The van der Waals surface area contributed by atoms with Crippen molar-refractivity contribution in [3.63, 3.8) is 0 Å². The van der Waals surface area contributed by atoms with Gasteiger partial charge in [0.1, 0.15) is 17.8 Å². The third kappa shape index (κ3) is 5.18. The topological polar surface area (TPSA) is 74.3 Å². The van der Waals surface area contributed by atoms with Gasteiger partial charge in [0.05, 0.1) is 16.1 Å². The van der Waals surface area contributed by atoms with Crippen LogP contribution in [0.3, 0.4) is 0 Å². The first-order valence-corrected chi connectivity index (χ1v) is 12.2. The van der Waals surface area contributed by atoms with Crippen molar-refractivity contribution in [3.05, 3.63) is 41.0 Å². The number of likely N-dealkylation sites (N-methyl/N-ethyl adjacent to an activating group) is 1. The zero-order chi connectivity index (χ0) is 23.3. The molecule has 1 aliphatic carbocycles. The number of nitrogens with one attached hydrogen (secondary N) is 2. The van der Waals surface area contributed by atoms with Gasteiger partial charge >= 0.3 is 0 Å². The molecule has 1 saturated carbocycles. The lowest BCUT2D eigenvalue weighted by Crippen LogP contribution is -2.55. The summed E-state index contributed by atoms with van der Waals surface area (Å²) in [6, 6.07) is 6.64. The van der Waals surface area contributed by atoms with Gasteiger partial charge in [0.2, 0.25) is 11.8 Å². The number of amides is 2. The first-order valence-electron chi connectivity index (χ1n) is 11.4. The van der Waals surface area contributed by atoms with Crippen LogP contribution in [0.2, 0.25) is 0 Å². The fourth-order valence-electron chi connectivity index (χ4n) is 4.14. The number of hydrogen-bond donors (Lipinski definition) is 2. The molecule has 0 spiro atoms. The van der Waals surface area contributed by atoms with Crippen LogP contribution >= 0.6 is 11.3 Å². The summed E-state index contributed by atoms with van der Waals surface area (Å²) in [4.78, 5) is 32.6. The van der Waals surface area contributed by atoms with Gasteiger partial charge in [-0.1, -0.05) is 38.1 Å². The number of thiazole rings is 1. The van der Waals surface area contributed by atoms with Crippen LogP contribution in [0.5, 0.6) is 0 Å². The molecule has 0 radical (unpaired) electrons. The SMILES string of the molecule is CC.CNC(C(=O)N1CCCC1C(=O)NCc1ccc(-c2scnc2C)cc1)C1(F)CC1. The Hall–Kier alpha value is -2.32. The molecule has 6 nitrogen and oxygen atoms in total. The number of carbonyl (C=O) groups excluding carboxylic acids is 2. The molecule has 8 heteroatoms. The van der Waals surface area contributed by atoms with Crippen LogP contribution in [0.4, 0.5) is 4.39 Å². The van der Waals surface area contributed by atoms with Gasteiger partial charge in [0.15, 0.2) is 0 Å². The Labute approximate surface area is 193 Å². The largest absolute Gasteiger partial charge is 0.350 e. The summed E-state index contributed by atoms with van der Waals surface area (Å²) in [5.41, 5.74) is 3.47. The summed E-state index contributed by atoms with van der Waals surface area (Å²) in [6.07, 6.45) is 2.15. The first kappa shape index (κ1) is 24.3. The van der Waals surface area contributed by atoms with E-state index >= 15 is 0 Å². The lowest BCUT2D eigenvalue weighted by molar-refractivity contribution is -0.141. The fraction of sp³-hybridized carbons (Fsp3) is 0.542. The molecule has 2 heterocycles. The fourth-order valence-corrected chi connectivity index (χ4v) is 4.95. The van der Waals surface area contributed by atoms with Gasteiger partial charge in [-0.2, -0.15) is 0 Å². The van der Waals surface area contributed by atoms with E-state index < -0.39 is 17.8 Å². The number of alkyl halides is 1. The van der Waals surface area contributed by atoms with E-state index in [0.29, 0.717) is 32.4 Å². The molecule has 2 fully saturated rings.